The molecular formula is C15H20F3N5O5. The fourth-order valence-corrected chi connectivity index (χ4v) is 2.62. The molecule has 156 valence electrons. The zero-order valence-corrected chi connectivity index (χ0v) is 15.1. The molecule has 1 heterocycles. The van der Waals surface area contributed by atoms with Crippen molar-refractivity contribution in [1.29, 1.82) is 0 Å². The number of nitrogens with zero attached hydrogens (tertiary/aromatic N) is 4. The Kier molecular flexibility index (Phi) is 8.11. The highest BCUT2D eigenvalue weighted by atomic mass is 19.4. The van der Waals surface area contributed by atoms with E-state index >= 15 is 0 Å². The fourth-order valence-electron chi connectivity index (χ4n) is 2.62. The van der Waals surface area contributed by atoms with Crippen LogP contribution in [0.15, 0.2) is 16.9 Å². The van der Waals surface area contributed by atoms with Crippen LogP contribution in [0, 0.1) is 0 Å². The van der Waals surface area contributed by atoms with E-state index in [2.05, 4.69) is 10.0 Å². The number of nitrogens with one attached hydrogen (secondary N) is 1. The lowest BCUT2D eigenvalue weighted by Crippen LogP contribution is -2.60. The molecule has 0 aromatic carbocycles. The molecule has 0 aliphatic carbocycles. The average Bonchev–Trinajstić information content (AvgIpc) is 2.61. The lowest BCUT2D eigenvalue weighted by Gasteiger charge is -2.37. The second kappa shape index (κ2) is 9.83. The van der Waals surface area contributed by atoms with Crippen LogP contribution in [0.4, 0.5) is 13.2 Å². The normalized spacial score (nSPS) is 21.6. The Morgan fingerprint density at radius 1 is 1.32 bits per heavy atom. The molecule has 0 bridgehead atoms. The monoisotopic (exact) mass is 407 g/mol. The molecule has 1 rings (SSSR count). The highest BCUT2D eigenvalue weighted by Crippen LogP contribution is 2.25. The second-order valence-electron chi connectivity index (χ2n) is 5.89. The minimum Gasteiger partial charge on any atom is -0.475 e. The predicted octanol–water partition coefficient (Wildman–Crippen LogP) is 1.73. The SMILES string of the molecule is CCCN(CCC)C(=O)[C@@H]1OC(C(=O)O)=C[C@@H](N=[N+]=[N-])[C@H]1NC(=O)C(F)(F)F. The summed E-state index contributed by atoms with van der Waals surface area (Å²) in [6.45, 7) is 4.02. The van der Waals surface area contributed by atoms with Crippen LogP contribution >= 0.6 is 0 Å². The van der Waals surface area contributed by atoms with Crippen LogP contribution in [0.5, 0.6) is 0 Å². The number of alkyl halides is 3. The molecule has 0 spiro atoms. The number of azide groups is 1. The van der Waals surface area contributed by atoms with E-state index in [9.17, 15) is 27.6 Å². The third-order valence-electron chi connectivity index (χ3n) is 3.76. The summed E-state index contributed by atoms with van der Waals surface area (Å²) in [5.41, 5.74) is 8.67. The van der Waals surface area contributed by atoms with Gasteiger partial charge in [0, 0.05) is 18.0 Å². The first-order valence-electron chi connectivity index (χ1n) is 8.39. The van der Waals surface area contributed by atoms with Gasteiger partial charge < -0.3 is 20.1 Å². The summed E-state index contributed by atoms with van der Waals surface area (Å²) in [7, 11) is 0. The molecule has 1 aliphatic heterocycles. The summed E-state index contributed by atoms with van der Waals surface area (Å²) in [4.78, 5) is 39.3. The Bertz CT molecular complexity index is 684. The molecule has 28 heavy (non-hydrogen) atoms. The topological polar surface area (TPSA) is 145 Å². The van der Waals surface area contributed by atoms with E-state index in [-0.39, 0.29) is 13.1 Å². The van der Waals surface area contributed by atoms with Gasteiger partial charge in [-0.1, -0.05) is 19.0 Å². The van der Waals surface area contributed by atoms with Gasteiger partial charge in [0.1, 0.15) is 0 Å². The minimum atomic E-state index is -5.27. The first-order valence-corrected chi connectivity index (χ1v) is 8.39. The van der Waals surface area contributed by atoms with E-state index in [0.717, 1.165) is 6.08 Å². The van der Waals surface area contributed by atoms with Crippen molar-refractivity contribution in [3.63, 3.8) is 0 Å². The van der Waals surface area contributed by atoms with E-state index < -0.39 is 47.9 Å². The van der Waals surface area contributed by atoms with Crippen molar-refractivity contribution < 1.29 is 37.4 Å². The first kappa shape index (κ1) is 23.1. The number of carboxylic acid groups (broad SMARTS) is 1. The van der Waals surface area contributed by atoms with E-state index in [1.54, 1.807) is 19.2 Å². The van der Waals surface area contributed by atoms with Gasteiger partial charge in [-0.25, -0.2) is 4.79 Å². The summed E-state index contributed by atoms with van der Waals surface area (Å²) in [5.74, 6) is -5.56. The van der Waals surface area contributed by atoms with E-state index in [0.29, 0.717) is 12.8 Å². The number of amides is 2. The molecule has 3 atom stereocenters. The van der Waals surface area contributed by atoms with Gasteiger partial charge in [-0.05, 0) is 24.4 Å². The van der Waals surface area contributed by atoms with Crippen LogP contribution in [0.1, 0.15) is 26.7 Å². The molecule has 2 N–H and O–H groups in total. The third-order valence-corrected chi connectivity index (χ3v) is 3.76. The van der Waals surface area contributed by atoms with Crippen molar-refractivity contribution in [2.24, 2.45) is 5.11 Å². The zero-order valence-electron chi connectivity index (χ0n) is 15.1. The Morgan fingerprint density at radius 2 is 1.89 bits per heavy atom. The van der Waals surface area contributed by atoms with Gasteiger partial charge >= 0.3 is 18.1 Å². The van der Waals surface area contributed by atoms with Gasteiger partial charge in [-0.3, -0.25) is 9.59 Å². The Morgan fingerprint density at radius 3 is 2.32 bits per heavy atom. The zero-order chi connectivity index (χ0) is 21.5. The van der Waals surface area contributed by atoms with E-state index in [4.69, 9.17) is 15.4 Å². The third kappa shape index (κ3) is 5.78. The maximum Gasteiger partial charge on any atom is 0.471 e. The van der Waals surface area contributed by atoms with Crippen molar-refractivity contribution in [3.8, 4) is 0 Å². The molecule has 13 heteroatoms. The van der Waals surface area contributed by atoms with Gasteiger partial charge in [-0.15, -0.1) is 0 Å². The number of ether oxygens (including phenoxy) is 1. The molecular weight excluding hydrogens is 387 g/mol. The second-order valence-corrected chi connectivity index (χ2v) is 5.89. The highest BCUT2D eigenvalue weighted by Gasteiger charge is 2.47. The Labute approximate surface area is 157 Å². The average molecular weight is 407 g/mol. The largest absolute Gasteiger partial charge is 0.475 e. The van der Waals surface area contributed by atoms with Gasteiger partial charge in [0.05, 0.1) is 12.1 Å². The number of hydrogen-bond donors (Lipinski definition) is 2. The van der Waals surface area contributed by atoms with Gasteiger partial charge in [0.25, 0.3) is 5.91 Å². The molecule has 0 unspecified atom stereocenters. The lowest BCUT2D eigenvalue weighted by molar-refractivity contribution is -0.176. The smallest absolute Gasteiger partial charge is 0.471 e. The van der Waals surface area contributed by atoms with Crippen LogP contribution in [0.25, 0.3) is 10.4 Å². The minimum absolute atomic E-state index is 0.241. The number of carbonyl (C=O) groups is 3. The molecule has 1 aliphatic rings. The van der Waals surface area contributed by atoms with Gasteiger partial charge in [0.2, 0.25) is 5.76 Å². The maximum atomic E-state index is 12.9. The number of hydrogen-bond acceptors (Lipinski definition) is 5. The number of carbonyl (C=O) groups excluding carboxylic acids is 2. The van der Waals surface area contributed by atoms with Crippen LogP contribution in [0.3, 0.4) is 0 Å². The van der Waals surface area contributed by atoms with Crippen molar-refractivity contribution in [1.82, 2.24) is 10.2 Å². The number of carboxylic acids is 1. The lowest BCUT2D eigenvalue weighted by atomic mass is 9.97. The van der Waals surface area contributed by atoms with Crippen molar-refractivity contribution in [3.05, 3.63) is 22.3 Å². The maximum absolute atomic E-state index is 12.9. The molecule has 0 saturated heterocycles. The van der Waals surface area contributed by atoms with E-state index in [1.807, 2.05) is 0 Å². The quantitative estimate of drug-likeness (QED) is 0.358. The van der Waals surface area contributed by atoms with Crippen LogP contribution < -0.4 is 5.32 Å². The van der Waals surface area contributed by atoms with Crippen molar-refractivity contribution in [2.45, 2.75) is 51.1 Å². The van der Waals surface area contributed by atoms with Crippen LogP contribution in [-0.4, -0.2) is 65.2 Å². The molecule has 0 radical (unpaired) electrons. The van der Waals surface area contributed by atoms with E-state index in [1.165, 1.54) is 4.90 Å². The molecule has 0 fully saturated rings. The van der Waals surface area contributed by atoms with Crippen molar-refractivity contribution in [2.75, 3.05) is 13.1 Å². The summed E-state index contributed by atoms with van der Waals surface area (Å²) < 4.78 is 43.2. The standard InChI is InChI=1S/C15H20F3N5O5/c1-3-5-23(6-4-2)12(24)11-10(20-14(27)15(16,17)18)8(21-22-19)7-9(28-11)13(25)26/h7-8,10-11H,3-6H2,1-2H3,(H,20,27)(H,25,26)/t8-,10-,11-/m1/s1. The van der Waals surface area contributed by atoms with Crippen molar-refractivity contribution >= 4 is 17.8 Å². The summed E-state index contributed by atoms with van der Waals surface area (Å²) in [6, 6.07) is -3.31. The summed E-state index contributed by atoms with van der Waals surface area (Å²) >= 11 is 0. The molecule has 0 aromatic rings. The Balaban J connectivity index is 3.37. The number of aliphatic carboxylic acids is 1. The molecule has 0 saturated carbocycles. The summed E-state index contributed by atoms with van der Waals surface area (Å²) in [6.07, 6.45) is -5.27. The number of halogens is 3. The van der Waals surface area contributed by atoms with Gasteiger partial charge in [-0.2, -0.15) is 13.2 Å². The predicted molar refractivity (Wildman–Crippen MR) is 88.7 cm³/mol. The summed E-state index contributed by atoms with van der Waals surface area (Å²) in [5, 5.41) is 14.0. The molecule has 10 nitrogen and oxygen atoms in total. The number of rotatable bonds is 8. The first-order chi connectivity index (χ1) is 13.1. The fraction of sp³-hybridized carbons (Fsp3) is 0.667. The van der Waals surface area contributed by atoms with Gasteiger partial charge in [0.15, 0.2) is 6.10 Å². The Hall–Kier alpha value is -2.95. The van der Waals surface area contributed by atoms with Crippen LogP contribution in [0.2, 0.25) is 0 Å². The molecule has 0 aromatic heterocycles. The molecule has 2 amide bonds. The van der Waals surface area contributed by atoms with Crippen LogP contribution in [-0.2, 0) is 19.1 Å². The highest BCUT2D eigenvalue weighted by molar-refractivity contribution is 5.89.